The molecule has 0 atom stereocenters. The maximum atomic E-state index is 5.85. The van der Waals surface area contributed by atoms with Gasteiger partial charge in [0.15, 0.2) is 0 Å². The highest BCUT2D eigenvalue weighted by Gasteiger charge is 2.45. The first-order valence-electron chi connectivity index (χ1n) is 5.34. The molecule has 2 bridgehead atoms. The zero-order chi connectivity index (χ0) is 10.0. The summed E-state index contributed by atoms with van der Waals surface area (Å²) in [6, 6.07) is 0.945. The largest absolute Gasteiger partial charge is 1.00 e. The molecule has 90 valence electrons. The lowest BCUT2D eigenvalue weighted by molar-refractivity contribution is -0.0000118. The van der Waals surface area contributed by atoms with E-state index in [-0.39, 0.29) is 24.0 Å². The summed E-state index contributed by atoms with van der Waals surface area (Å²) in [6.45, 7) is 8.56. The van der Waals surface area contributed by atoms with Gasteiger partial charge in [-0.2, -0.15) is 0 Å². The highest BCUT2D eigenvalue weighted by Crippen LogP contribution is 2.25. The molecule has 0 aromatic heterocycles. The third-order valence-corrected chi connectivity index (χ3v) is 5.76. The second-order valence-corrected chi connectivity index (χ2v) is 7.01. The van der Waals surface area contributed by atoms with Crippen LogP contribution in [0.1, 0.15) is 13.8 Å². The van der Waals surface area contributed by atoms with Gasteiger partial charge in [-0.25, -0.2) is 0 Å². The Labute approximate surface area is 110 Å². The smallest absolute Gasteiger partial charge is 0.502 e. The maximum Gasteiger partial charge on any atom is 0.502 e. The summed E-state index contributed by atoms with van der Waals surface area (Å²) in [6.07, 6.45) is 0. The average Bonchev–Trinajstić information content (AvgIpc) is 2.35. The lowest BCUT2D eigenvalue weighted by atomic mass is 10.3. The highest BCUT2D eigenvalue weighted by atomic mass is 127. The number of nitrogens with zero attached hydrogens (tertiary/aromatic N) is 1. The molecular formula is C9H19INO3Si-. The summed E-state index contributed by atoms with van der Waals surface area (Å²) in [5.74, 6) is 0.575. The summed E-state index contributed by atoms with van der Waals surface area (Å²) in [5.41, 5.74) is 0. The molecule has 2 fully saturated rings. The quantitative estimate of drug-likeness (QED) is 0.425. The van der Waals surface area contributed by atoms with Crippen molar-refractivity contribution in [2.75, 3.05) is 33.0 Å². The lowest BCUT2D eigenvalue weighted by Crippen LogP contribution is -3.00. The van der Waals surface area contributed by atoms with E-state index in [1.54, 1.807) is 0 Å². The average molecular weight is 344 g/mol. The molecule has 0 radical (unpaired) electrons. The molecular weight excluding hydrogens is 325 g/mol. The molecule has 0 amide bonds. The summed E-state index contributed by atoms with van der Waals surface area (Å²) in [4.78, 5) is 2.25. The van der Waals surface area contributed by atoms with Crippen LogP contribution in [0.3, 0.4) is 0 Å². The van der Waals surface area contributed by atoms with Crippen molar-refractivity contribution in [3.8, 4) is 0 Å². The Balaban J connectivity index is 0.00000112. The van der Waals surface area contributed by atoms with E-state index < -0.39 is 8.80 Å². The van der Waals surface area contributed by atoms with E-state index in [0.717, 1.165) is 32.3 Å². The van der Waals surface area contributed by atoms with E-state index in [2.05, 4.69) is 18.7 Å². The van der Waals surface area contributed by atoms with E-state index in [1.165, 1.54) is 0 Å². The topological polar surface area (TPSA) is 30.9 Å². The molecule has 2 aliphatic heterocycles. The van der Waals surface area contributed by atoms with Gasteiger partial charge in [-0.15, -0.1) is 0 Å². The highest BCUT2D eigenvalue weighted by molar-refractivity contribution is 6.60. The molecule has 2 heterocycles. The van der Waals surface area contributed by atoms with Gasteiger partial charge in [0.25, 0.3) is 0 Å². The fourth-order valence-corrected chi connectivity index (χ4v) is 4.68. The van der Waals surface area contributed by atoms with Gasteiger partial charge in [-0.1, -0.05) is 13.8 Å². The summed E-state index contributed by atoms with van der Waals surface area (Å²) >= 11 is 0. The number of hydrogen-bond donors (Lipinski definition) is 0. The summed E-state index contributed by atoms with van der Waals surface area (Å²) in [7, 11) is -2.30. The standard InChI is InChI=1S/C9H19NO3Si.HI/c1-9(2)7-14-11-5-3-10(8-13-14)4-6-12-14;/h9H,3-8H2,1-2H3;1H/p-1. The summed E-state index contributed by atoms with van der Waals surface area (Å²) < 4.78 is 17.5. The Morgan fingerprint density at radius 1 is 1.13 bits per heavy atom. The first kappa shape index (κ1) is 13.9. The van der Waals surface area contributed by atoms with Crippen LogP contribution in [0.15, 0.2) is 0 Å². The minimum absolute atomic E-state index is 0. The van der Waals surface area contributed by atoms with Crippen molar-refractivity contribution in [2.45, 2.75) is 19.9 Å². The molecule has 15 heavy (non-hydrogen) atoms. The van der Waals surface area contributed by atoms with Gasteiger partial charge in [0.2, 0.25) is 0 Å². The summed E-state index contributed by atoms with van der Waals surface area (Å²) in [5, 5.41) is 0. The van der Waals surface area contributed by atoms with Crippen LogP contribution in [0.4, 0.5) is 0 Å². The van der Waals surface area contributed by atoms with Crippen molar-refractivity contribution in [1.29, 1.82) is 0 Å². The predicted molar refractivity (Wildman–Crippen MR) is 54.8 cm³/mol. The Morgan fingerprint density at radius 2 is 1.73 bits per heavy atom. The van der Waals surface area contributed by atoms with Crippen molar-refractivity contribution in [3.05, 3.63) is 0 Å². The number of fused-ring (bicyclic) bond motifs is 3. The zero-order valence-electron chi connectivity index (χ0n) is 9.37. The minimum atomic E-state index is -2.30. The van der Waals surface area contributed by atoms with Gasteiger partial charge in [-0.05, 0) is 5.92 Å². The molecule has 4 nitrogen and oxygen atoms in total. The molecule has 0 saturated carbocycles. The first-order valence-corrected chi connectivity index (χ1v) is 7.28. The van der Waals surface area contributed by atoms with Gasteiger partial charge in [0.05, 0.1) is 19.9 Å². The minimum Gasteiger partial charge on any atom is -1.00 e. The SMILES string of the molecule is CC(C)C[Si]12OCCN(CCO1)CO2.[I-]. The fraction of sp³-hybridized carbons (Fsp3) is 1.00. The molecule has 2 rings (SSSR count). The Bertz CT molecular complexity index is 196. The second kappa shape index (κ2) is 5.92. The fourth-order valence-electron chi connectivity index (χ4n) is 1.89. The molecule has 0 aliphatic carbocycles. The number of hydrogen-bond acceptors (Lipinski definition) is 4. The maximum absolute atomic E-state index is 5.85. The molecule has 0 aromatic rings. The van der Waals surface area contributed by atoms with Crippen molar-refractivity contribution < 1.29 is 37.3 Å². The molecule has 2 saturated heterocycles. The van der Waals surface area contributed by atoms with Crippen molar-refractivity contribution in [3.63, 3.8) is 0 Å². The Hall–Kier alpha value is 0.787. The molecule has 0 spiro atoms. The van der Waals surface area contributed by atoms with Crippen molar-refractivity contribution in [2.24, 2.45) is 5.92 Å². The number of rotatable bonds is 2. The van der Waals surface area contributed by atoms with Gasteiger partial charge >= 0.3 is 8.80 Å². The normalized spacial score (nSPS) is 35.8. The Kier molecular flexibility index (Phi) is 5.47. The first-order chi connectivity index (χ1) is 6.70. The van der Waals surface area contributed by atoms with Crippen molar-refractivity contribution >= 4 is 8.80 Å². The van der Waals surface area contributed by atoms with E-state index >= 15 is 0 Å². The predicted octanol–water partition coefficient (Wildman–Crippen LogP) is -2.08. The van der Waals surface area contributed by atoms with Crippen LogP contribution in [0.2, 0.25) is 6.04 Å². The van der Waals surface area contributed by atoms with Crippen LogP contribution in [0.5, 0.6) is 0 Å². The molecule has 0 aromatic carbocycles. The number of halogens is 1. The van der Waals surface area contributed by atoms with Crippen LogP contribution >= 0.6 is 0 Å². The van der Waals surface area contributed by atoms with Crippen LogP contribution in [-0.2, 0) is 13.3 Å². The van der Waals surface area contributed by atoms with Gasteiger partial charge < -0.3 is 37.3 Å². The molecule has 0 N–H and O–H groups in total. The second-order valence-electron chi connectivity index (χ2n) is 4.37. The molecule has 0 unspecified atom stereocenters. The van der Waals surface area contributed by atoms with E-state index in [1.807, 2.05) is 0 Å². The van der Waals surface area contributed by atoms with Crippen molar-refractivity contribution in [1.82, 2.24) is 4.90 Å². The lowest BCUT2D eigenvalue weighted by Gasteiger charge is -2.27. The van der Waals surface area contributed by atoms with Gasteiger partial charge in [0, 0.05) is 19.1 Å². The van der Waals surface area contributed by atoms with Crippen LogP contribution in [0, 0.1) is 5.92 Å². The van der Waals surface area contributed by atoms with Gasteiger partial charge in [0.1, 0.15) is 0 Å². The Morgan fingerprint density at radius 3 is 2.27 bits per heavy atom. The van der Waals surface area contributed by atoms with Crippen LogP contribution in [-0.4, -0.2) is 46.7 Å². The molecule has 6 heteroatoms. The third-order valence-electron chi connectivity index (χ3n) is 2.58. The van der Waals surface area contributed by atoms with E-state index in [4.69, 9.17) is 13.3 Å². The van der Waals surface area contributed by atoms with Crippen LogP contribution in [0.25, 0.3) is 0 Å². The van der Waals surface area contributed by atoms with Gasteiger partial charge in [-0.3, -0.25) is 4.90 Å². The van der Waals surface area contributed by atoms with E-state index in [0.29, 0.717) is 12.6 Å². The van der Waals surface area contributed by atoms with E-state index in [9.17, 15) is 0 Å². The third kappa shape index (κ3) is 3.64. The molecule has 2 aliphatic rings. The zero-order valence-corrected chi connectivity index (χ0v) is 12.5. The van der Waals surface area contributed by atoms with Crippen LogP contribution < -0.4 is 24.0 Å². The monoisotopic (exact) mass is 344 g/mol.